The number of benzene rings is 1. The van der Waals surface area contributed by atoms with E-state index in [1.54, 1.807) is 4.68 Å². The van der Waals surface area contributed by atoms with Crippen LogP contribution < -0.4 is 10.1 Å². The molecular formula is C20H27BrN4O2. The molecule has 3 rings (SSSR count). The molecule has 0 atom stereocenters. The predicted octanol–water partition coefficient (Wildman–Crippen LogP) is 2.92. The van der Waals surface area contributed by atoms with E-state index < -0.39 is 0 Å². The fourth-order valence-electron chi connectivity index (χ4n) is 3.37. The number of rotatable bonds is 7. The predicted molar refractivity (Wildman–Crippen MR) is 109 cm³/mol. The van der Waals surface area contributed by atoms with Gasteiger partial charge in [-0.2, -0.15) is 5.10 Å². The monoisotopic (exact) mass is 434 g/mol. The van der Waals surface area contributed by atoms with E-state index in [1.807, 2.05) is 44.2 Å². The fourth-order valence-corrected chi connectivity index (χ4v) is 3.63. The average molecular weight is 435 g/mol. The molecule has 1 amide bonds. The molecular weight excluding hydrogens is 408 g/mol. The highest BCUT2D eigenvalue weighted by atomic mass is 79.9. The van der Waals surface area contributed by atoms with Gasteiger partial charge in [-0.3, -0.25) is 14.4 Å². The summed E-state index contributed by atoms with van der Waals surface area (Å²) in [5.74, 6) is 0.933. The third-order valence-corrected chi connectivity index (χ3v) is 5.37. The van der Waals surface area contributed by atoms with Crippen LogP contribution >= 0.6 is 15.9 Å². The van der Waals surface area contributed by atoms with Crippen LogP contribution in [0, 0.1) is 13.8 Å². The summed E-state index contributed by atoms with van der Waals surface area (Å²) in [5.41, 5.74) is 1.96. The molecule has 1 N–H and O–H groups in total. The third-order valence-electron chi connectivity index (χ3n) is 4.84. The second-order valence-electron chi connectivity index (χ2n) is 7.07. The molecule has 1 saturated heterocycles. The van der Waals surface area contributed by atoms with Crippen LogP contribution in [0.15, 0.2) is 34.8 Å². The van der Waals surface area contributed by atoms with Crippen LogP contribution in [0.4, 0.5) is 0 Å². The molecule has 0 saturated carbocycles. The second kappa shape index (κ2) is 9.37. The lowest BCUT2D eigenvalue weighted by Gasteiger charge is -2.32. The first-order valence-electron chi connectivity index (χ1n) is 9.41. The Hall–Kier alpha value is -1.86. The summed E-state index contributed by atoms with van der Waals surface area (Å²) in [6.45, 7) is 7.75. The zero-order valence-electron chi connectivity index (χ0n) is 15.9. The normalized spacial score (nSPS) is 15.7. The number of hydrogen-bond donors (Lipinski definition) is 1. The van der Waals surface area contributed by atoms with E-state index in [4.69, 9.17) is 4.74 Å². The van der Waals surface area contributed by atoms with Crippen molar-refractivity contribution in [1.29, 1.82) is 0 Å². The number of carbonyl (C=O) groups excluding carboxylic acids is 1. The van der Waals surface area contributed by atoms with Gasteiger partial charge in [-0.15, -0.1) is 0 Å². The van der Waals surface area contributed by atoms with Crippen LogP contribution in [-0.2, 0) is 11.3 Å². The van der Waals surface area contributed by atoms with E-state index in [0.717, 1.165) is 54.1 Å². The SMILES string of the molecule is Cc1cc(C)n(CC(=O)NC2CCN(CCOc3ccc(Br)cc3)CC2)n1. The minimum Gasteiger partial charge on any atom is -0.492 e. The summed E-state index contributed by atoms with van der Waals surface area (Å²) >= 11 is 3.42. The first-order valence-corrected chi connectivity index (χ1v) is 10.2. The molecule has 1 aromatic carbocycles. The molecule has 1 aliphatic rings. The quantitative estimate of drug-likeness (QED) is 0.727. The van der Waals surface area contributed by atoms with Crippen molar-refractivity contribution in [2.45, 2.75) is 39.3 Å². The Labute approximate surface area is 169 Å². The number of carbonyl (C=O) groups is 1. The van der Waals surface area contributed by atoms with Gasteiger partial charge in [0.1, 0.15) is 18.9 Å². The second-order valence-corrected chi connectivity index (χ2v) is 7.99. The number of likely N-dealkylation sites (tertiary alicyclic amines) is 1. The topological polar surface area (TPSA) is 59.4 Å². The van der Waals surface area contributed by atoms with E-state index in [1.165, 1.54) is 0 Å². The molecule has 2 aromatic rings. The Morgan fingerprint density at radius 1 is 1.26 bits per heavy atom. The summed E-state index contributed by atoms with van der Waals surface area (Å²) in [7, 11) is 0. The van der Waals surface area contributed by atoms with Gasteiger partial charge >= 0.3 is 0 Å². The van der Waals surface area contributed by atoms with Crippen molar-refractivity contribution in [2.24, 2.45) is 0 Å². The van der Waals surface area contributed by atoms with Gasteiger partial charge in [-0.05, 0) is 57.0 Å². The highest BCUT2D eigenvalue weighted by molar-refractivity contribution is 9.10. The van der Waals surface area contributed by atoms with Gasteiger partial charge in [-0.1, -0.05) is 15.9 Å². The number of nitrogens with zero attached hydrogens (tertiary/aromatic N) is 3. The standard InChI is InChI=1S/C20H27BrN4O2/c1-15-13-16(2)25(23-15)14-20(26)22-18-7-9-24(10-8-18)11-12-27-19-5-3-17(21)4-6-19/h3-6,13,18H,7-12,14H2,1-2H3,(H,22,26). The largest absolute Gasteiger partial charge is 0.492 e. The highest BCUT2D eigenvalue weighted by Crippen LogP contribution is 2.16. The molecule has 0 aliphatic carbocycles. The number of aryl methyl sites for hydroxylation is 2. The minimum absolute atomic E-state index is 0.0400. The van der Waals surface area contributed by atoms with Crippen molar-refractivity contribution < 1.29 is 9.53 Å². The van der Waals surface area contributed by atoms with Crippen molar-refractivity contribution in [3.05, 3.63) is 46.2 Å². The average Bonchev–Trinajstić information content (AvgIpc) is 2.95. The van der Waals surface area contributed by atoms with Gasteiger partial charge in [0.2, 0.25) is 5.91 Å². The Morgan fingerprint density at radius 2 is 1.96 bits per heavy atom. The van der Waals surface area contributed by atoms with E-state index in [0.29, 0.717) is 13.2 Å². The van der Waals surface area contributed by atoms with E-state index in [9.17, 15) is 4.79 Å². The van der Waals surface area contributed by atoms with Gasteiger partial charge in [-0.25, -0.2) is 0 Å². The van der Waals surface area contributed by atoms with Crippen LogP contribution in [0.25, 0.3) is 0 Å². The molecule has 1 aliphatic heterocycles. The smallest absolute Gasteiger partial charge is 0.241 e. The first kappa shape index (κ1) is 19.9. The summed E-state index contributed by atoms with van der Waals surface area (Å²) in [5, 5.41) is 7.50. The van der Waals surface area contributed by atoms with Gasteiger partial charge in [0.15, 0.2) is 0 Å². The van der Waals surface area contributed by atoms with E-state index >= 15 is 0 Å². The third kappa shape index (κ3) is 6.07. The molecule has 7 heteroatoms. The zero-order chi connectivity index (χ0) is 19.2. The van der Waals surface area contributed by atoms with Crippen molar-refractivity contribution >= 4 is 21.8 Å². The van der Waals surface area contributed by atoms with Crippen LogP contribution in [0.3, 0.4) is 0 Å². The molecule has 2 heterocycles. The van der Waals surface area contributed by atoms with E-state index in [-0.39, 0.29) is 11.9 Å². The lowest BCUT2D eigenvalue weighted by atomic mass is 10.1. The molecule has 0 radical (unpaired) electrons. The molecule has 0 unspecified atom stereocenters. The van der Waals surface area contributed by atoms with Gasteiger partial charge < -0.3 is 10.1 Å². The number of amides is 1. The summed E-state index contributed by atoms with van der Waals surface area (Å²) in [6.07, 6.45) is 1.95. The molecule has 0 spiro atoms. The first-order chi connectivity index (χ1) is 13.0. The van der Waals surface area contributed by atoms with Crippen molar-refractivity contribution in [2.75, 3.05) is 26.2 Å². The van der Waals surface area contributed by atoms with E-state index in [2.05, 4.69) is 31.2 Å². The molecule has 0 bridgehead atoms. The molecule has 1 fully saturated rings. The maximum atomic E-state index is 12.3. The van der Waals surface area contributed by atoms with Crippen LogP contribution in [0.1, 0.15) is 24.2 Å². The number of halogens is 1. The van der Waals surface area contributed by atoms with Gasteiger partial charge in [0, 0.05) is 35.8 Å². The summed E-state index contributed by atoms with van der Waals surface area (Å²) in [6, 6.07) is 10.1. The minimum atomic E-state index is 0.0400. The number of ether oxygens (including phenoxy) is 1. The summed E-state index contributed by atoms with van der Waals surface area (Å²) < 4.78 is 8.61. The Balaban J connectivity index is 1.34. The molecule has 146 valence electrons. The van der Waals surface area contributed by atoms with Gasteiger partial charge in [0.05, 0.1) is 5.69 Å². The fraction of sp³-hybridized carbons (Fsp3) is 0.500. The molecule has 27 heavy (non-hydrogen) atoms. The Kier molecular flexibility index (Phi) is 6.90. The Bertz CT molecular complexity index is 752. The summed E-state index contributed by atoms with van der Waals surface area (Å²) in [4.78, 5) is 14.7. The maximum Gasteiger partial charge on any atom is 0.241 e. The van der Waals surface area contributed by atoms with Crippen molar-refractivity contribution in [3.8, 4) is 5.75 Å². The molecule has 1 aromatic heterocycles. The van der Waals surface area contributed by atoms with Gasteiger partial charge in [0.25, 0.3) is 0 Å². The lowest BCUT2D eigenvalue weighted by molar-refractivity contribution is -0.122. The maximum absolute atomic E-state index is 12.3. The van der Waals surface area contributed by atoms with Crippen LogP contribution in [-0.4, -0.2) is 52.9 Å². The van der Waals surface area contributed by atoms with Crippen molar-refractivity contribution in [1.82, 2.24) is 20.0 Å². The number of piperidine rings is 1. The number of aromatic nitrogens is 2. The van der Waals surface area contributed by atoms with Crippen LogP contribution in [0.5, 0.6) is 5.75 Å². The van der Waals surface area contributed by atoms with Crippen LogP contribution in [0.2, 0.25) is 0 Å². The Morgan fingerprint density at radius 3 is 2.59 bits per heavy atom. The number of hydrogen-bond acceptors (Lipinski definition) is 4. The molecule has 6 nitrogen and oxygen atoms in total. The zero-order valence-corrected chi connectivity index (χ0v) is 17.5. The number of nitrogens with one attached hydrogen (secondary N) is 1. The highest BCUT2D eigenvalue weighted by Gasteiger charge is 2.21. The lowest BCUT2D eigenvalue weighted by Crippen LogP contribution is -2.46. The van der Waals surface area contributed by atoms with Crippen molar-refractivity contribution in [3.63, 3.8) is 0 Å².